The Hall–Kier alpha value is -3.58. The minimum atomic E-state index is -3.88. The highest BCUT2D eigenvalue weighted by Crippen LogP contribution is 2.44. The molecule has 13 heteroatoms. The minimum absolute atomic E-state index is 0.0852. The van der Waals surface area contributed by atoms with Crippen LogP contribution in [0.3, 0.4) is 0 Å². The summed E-state index contributed by atoms with van der Waals surface area (Å²) < 4.78 is 46.6. The van der Waals surface area contributed by atoms with E-state index in [0.29, 0.717) is 23.4 Å². The molecule has 0 aliphatic carbocycles. The number of fused-ring (bicyclic) bond motifs is 4. The zero-order chi connectivity index (χ0) is 23.6. The second-order valence-electron chi connectivity index (χ2n) is 7.95. The van der Waals surface area contributed by atoms with E-state index < -0.39 is 18.2 Å². The van der Waals surface area contributed by atoms with Crippen LogP contribution < -0.4 is 19.7 Å². The fourth-order valence-electron chi connectivity index (χ4n) is 4.33. The number of esters is 1. The molecule has 10 nitrogen and oxygen atoms in total. The third-order valence-electron chi connectivity index (χ3n) is 5.88. The van der Waals surface area contributed by atoms with Crippen molar-refractivity contribution in [2.24, 2.45) is 0 Å². The van der Waals surface area contributed by atoms with Crippen molar-refractivity contribution in [1.82, 2.24) is 9.97 Å². The standard InChI is InChI=1S/C21H16F2N4O6S/c1-30-19(29)11-5-14-15(33-21(22,23)32-14)6-13(11)25-18(28)16-17-12(2-3-24-16)26-20(34-17)27-9-4-10(27)8-31-7-9/h2-3,5-6,9-10H,4,7-8H2,1H3,(H,25,28). The number of aromatic nitrogens is 2. The van der Waals surface area contributed by atoms with Crippen LogP contribution in [-0.2, 0) is 9.47 Å². The summed E-state index contributed by atoms with van der Waals surface area (Å²) in [6.07, 6.45) is -1.38. The SMILES string of the molecule is COC(=O)c1cc2c(cc1NC(=O)c1nccc3nc(N4C5COCC4C5)sc13)OC(F)(F)O2. The molecule has 1 amide bonds. The number of benzene rings is 1. The molecule has 2 aromatic heterocycles. The Kier molecular flexibility index (Phi) is 4.61. The first kappa shape index (κ1) is 21.0. The van der Waals surface area contributed by atoms with Gasteiger partial charge in [0.25, 0.3) is 5.91 Å². The van der Waals surface area contributed by atoms with Gasteiger partial charge in [-0.25, -0.2) is 14.8 Å². The Bertz CT molecular complexity index is 1330. The second-order valence-corrected chi connectivity index (χ2v) is 8.93. The second kappa shape index (κ2) is 7.46. The number of nitrogens with one attached hydrogen (secondary N) is 1. The number of carbonyl (C=O) groups is 2. The number of methoxy groups -OCH3 is 1. The molecule has 3 aliphatic heterocycles. The van der Waals surface area contributed by atoms with E-state index in [1.54, 1.807) is 6.07 Å². The lowest BCUT2D eigenvalue weighted by Crippen LogP contribution is -2.64. The molecular formula is C21H16F2N4O6S. The normalized spacial score (nSPS) is 21.8. The highest BCUT2D eigenvalue weighted by Gasteiger charge is 2.45. The van der Waals surface area contributed by atoms with E-state index in [-0.39, 0.29) is 40.5 Å². The van der Waals surface area contributed by atoms with Gasteiger partial charge in [-0.1, -0.05) is 11.3 Å². The van der Waals surface area contributed by atoms with Gasteiger partial charge >= 0.3 is 12.3 Å². The van der Waals surface area contributed by atoms with Gasteiger partial charge in [0, 0.05) is 18.3 Å². The van der Waals surface area contributed by atoms with Crippen molar-refractivity contribution < 1.29 is 37.3 Å². The first-order valence-electron chi connectivity index (χ1n) is 10.3. The summed E-state index contributed by atoms with van der Waals surface area (Å²) >= 11 is 1.34. The molecule has 176 valence electrons. The molecule has 2 saturated heterocycles. The number of carbonyl (C=O) groups excluding carboxylic acids is 2. The van der Waals surface area contributed by atoms with Gasteiger partial charge in [-0.3, -0.25) is 4.79 Å². The highest BCUT2D eigenvalue weighted by molar-refractivity contribution is 7.22. The third-order valence-corrected chi connectivity index (χ3v) is 6.97. The lowest BCUT2D eigenvalue weighted by molar-refractivity contribution is -0.286. The minimum Gasteiger partial charge on any atom is -0.465 e. The van der Waals surface area contributed by atoms with Crippen molar-refractivity contribution in [2.75, 3.05) is 30.5 Å². The number of ether oxygens (including phenoxy) is 4. The molecule has 5 heterocycles. The van der Waals surface area contributed by atoms with Gasteiger partial charge in [0.2, 0.25) is 0 Å². The maximum atomic E-state index is 13.5. The van der Waals surface area contributed by atoms with Crippen LogP contribution in [0.5, 0.6) is 11.5 Å². The van der Waals surface area contributed by atoms with Crippen molar-refractivity contribution in [1.29, 1.82) is 0 Å². The number of morpholine rings is 1. The van der Waals surface area contributed by atoms with E-state index in [9.17, 15) is 18.4 Å². The lowest BCUT2D eigenvalue weighted by atomic mass is 9.92. The summed E-state index contributed by atoms with van der Waals surface area (Å²) in [4.78, 5) is 36.5. The number of pyridine rings is 1. The Morgan fingerprint density at radius 1 is 1.24 bits per heavy atom. The van der Waals surface area contributed by atoms with Crippen LogP contribution in [0, 0.1) is 0 Å². The average molecular weight is 490 g/mol. The third kappa shape index (κ3) is 3.30. The predicted octanol–water partition coefficient (Wildman–Crippen LogP) is 3.03. The molecule has 1 N–H and O–H groups in total. The van der Waals surface area contributed by atoms with Gasteiger partial charge in [0.1, 0.15) is 5.69 Å². The number of thiazole rings is 1. The highest BCUT2D eigenvalue weighted by atomic mass is 32.1. The van der Waals surface area contributed by atoms with Crippen LogP contribution >= 0.6 is 11.3 Å². The first-order valence-corrected chi connectivity index (χ1v) is 11.1. The fraction of sp³-hybridized carbons (Fsp3) is 0.333. The molecule has 2 fully saturated rings. The van der Waals surface area contributed by atoms with Crippen molar-refractivity contribution in [2.45, 2.75) is 24.8 Å². The number of hydrogen-bond acceptors (Lipinski definition) is 10. The maximum absolute atomic E-state index is 13.5. The van der Waals surface area contributed by atoms with Crippen LogP contribution in [0.2, 0.25) is 0 Å². The molecule has 0 spiro atoms. The monoisotopic (exact) mass is 490 g/mol. The number of amides is 1. The van der Waals surface area contributed by atoms with Gasteiger partial charge in [-0.15, -0.1) is 8.78 Å². The zero-order valence-corrected chi connectivity index (χ0v) is 18.4. The number of nitrogens with zero attached hydrogens (tertiary/aromatic N) is 3. The van der Waals surface area contributed by atoms with E-state index in [2.05, 4.69) is 29.7 Å². The van der Waals surface area contributed by atoms with Gasteiger partial charge in [-0.2, -0.15) is 0 Å². The molecule has 0 saturated carbocycles. The molecule has 2 unspecified atom stereocenters. The molecule has 3 aliphatic rings. The van der Waals surface area contributed by atoms with Crippen LogP contribution in [0.15, 0.2) is 24.4 Å². The summed E-state index contributed by atoms with van der Waals surface area (Å²) in [5.74, 6) is -2.18. The predicted molar refractivity (Wildman–Crippen MR) is 115 cm³/mol. The van der Waals surface area contributed by atoms with Gasteiger partial charge < -0.3 is 29.2 Å². The molecule has 34 heavy (non-hydrogen) atoms. The van der Waals surface area contributed by atoms with Gasteiger partial charge in [0.05, 0.1) is 53.9 Å². The van der Waals surface area contributed by atoms with E-state index in [4.69, 9.17) is 9.47 Å². The molecule has 3 aromatic rings. The summed E-state index contributed by atoms with van der Waals surface area (Å²) in [5, 5.41) is 3.34. The number of rotatable bonds is 4. The van der Waals surface area contributed by atoms with Crippen LogP contribution in [0.25, 0.3) is 10.2 Å². The quantitative estimate of drug-likeness (QED) is 0.552. The van der Waals surface area contributed by atoms with E-state index in [1.807, 2.05) is 0 Å². The van der Waals surface area contributed by atoms with Crippen molar-refractivity contribution in [3.63, 3.8) is 0 Å². The molecule has 1 aromatic carbocycles. The van der Waals surface area contributed by atoms with E-state index in [1.165, 1.54) is 17.5 Å². The molecule has 2 bridgehead atoms. The smallest absolute Gasteiger partial charge is 0.465 e. The Labute approximate surface area is 194 Å². The molecule has 0 radical (unpaired) electrons. The first-order chi connectivity index (χ1) is 16.3. The van der Waals surface area contributed by atoms with E-state index in [0.717, 1.165) is 30.8 Å². The fourth-order valence-corrected chi connectivity index (χ4v) is 5.52. The van der Waals surface area contributed by atoms with Crippen molar-refractivity contribution in [3.8, 4) is 11.5 Å². The number of alkyl halides is 2. The zero-order valence-electron chi connectivity index (χ0n) is 17.5. The van der Waals surface area contributed by atoms with Crippen molar-refractivity contribution >= 4 is 44.2 Å². The Morgan fingerprint density at radius 2 is 1.97 bits per heavy atom. The average Bonchev–Trinajstić information content (AvgIpc) is 3.36. The molecule has 6 rings (SSSR count). The van der Waals surface area contributed by atoms with Crippen molar-refractivity contribution in [3.05, 3.63) is 35.7 Å². The van der Waals surface area contributed by atoms with Crippen LogP contribution in [-0.4, -0.2) is 60.5 Å². The number of halogens is 2. The summed E-state index contributed by atoms with van der Waals surface area (Å²) in [5.41, 5.74) is 0.419. The van der Waals surface area contributed by atoms with Crippen LogP contribution in [0.1, 0.15) is 27.3 Å². The largest absolute Gasteiger partial charge is 0.586 e. The molecule has 2 atom stereocenters. The Morgan fingerprint density at radius 3 is 2.68 bits per heavy atom. The number of hydrogen-bond donors (Lipinski definition) is 1. The van der Waals surface area contributed by atoms with Crippen LogP contribution in [0.4, 0.5) is 19.6 Å². The summed E-state index contributed by atoms with van der Waals surface area (Å²) in [7, 11) is 1.13. The van der Waals surface area contributed by atoms with Gasteiger partial charge in [-0.05, 0) is 12.5 Å². The topological polar surface area (TPSA) is 112 Å². The number of anilines is 2. The molecular weight excluding hydrogens is 474 g/mol. The van der Waals surface area contributed by atoms with E-state index >= 15 is 0 Å². The van der Waals surface area contributed by atoms with Gasteiger partial charge in [0.15, 0.2) is 16.6 Å². The Balaban J connectivity index is 1.34. The lowest BCUT2D eigenvalue weighted by Gasteiger charge is -2.52. The maximum Gasteiger partial charge on any atom is 0.586 e. The summed E-state index contributed by atoms with van der Waals surface area (Å²) in [6, 6.07) is 4.35. The summed E-state index contributed by atoms with van der Waals surface area (Å²) in [6.45, 7) is 1.27.